The van der Waals surface area contributed by atoms with E-state index in [0.29, 0.717) is 5.75 Å². The van der Waals surface area contributed by atoms with Crippen molar-refractivity contribution in [3.05, 3.63) is 24.3 Å². The van der Waals surface area contributed by atoms with Crippen LogP contribution in [0.5, 0.6) is 5.75 Å². The van der Waals surface area contributed by atoms with Gasteiger partial charge >= 0.3 is 0 Å². The monoisotopic (exact) mass is 251 g/mol. The van der Waals surface area contributed by atoms with Gasteiger partial charge in [-0.2, -0.15) is 0 Å². The number of nitrogens with two attached hydrogens (primary N) is 1. The standard InChI is InChI=1S/C13H21N3O2/c1-4-16(5-2)11-7-6-8-12(9-11)18-10(3)13(17)15-14/h6-10H,4-5,14H2,1-3H3,(H,15,17). The van der Waals surface area contributed by atoms with Crippen LogP contribution in [0.2, 0.25) is 0 Å². The lowest BCUT2D eigenvalue weighted by Gasteiger charge is -2.22. The molecule has 0 aliphatic heterocycles. The van der Waals surface area contributed by atoms with Crippen molar-refractivity contribution < 1.29 is 9.53 Å². The quantitative estimate of drug-likeness (QED) is 0.454. The van der Waals surface area contributed by atoms with Gasteiger partial charge in [-0.3, -0.25) is 10.2 Å². The number of anilines is 1. The molecule has 0 heterocycles. The van der Waals surface area contributed by atoms with Gasteiger partial charge in [-0.15, -0.1) is 0 Å². The minimum Gasteiger partial charge on any atom is -0.481 e. The predicted octanol–water partition coefficient (Wildman–Crippen LogP) is 1.29. The van der Waals surface area contributed by atoms with E-state index in [9.17, 15) is 4.79 Å². The zero-order chi connectivity index (χ0) is 13.5. The highest BCUT2D eigenvalue weighted by molar-refractivity contribution is 5.80. The molecule has 1 aromatic rings. The Kier molecular flexibility index (Phi) is 5.45. The van der Waals surface area contributed by atoms with Crippen molar-refractivity contribution in [1.29, 1.82) is 0 Å². The van der Waals surface area contributed by atoms with Crippen LogP contribution in [0.3, 0.4) is 0 Å². The Balaban J connectivity index is 2.79. The molecule has 1 unspecified atom stereocenters. The lowest BCUT2D eigenvalue weighted by molar-refractivity contribution is -0.127. The Bertz CT molecular complexity index is 392. The van der Waals surface area contributed by atoms with E-state index in [4.69, 9.17) is 10.6 Å². The average Bonchev–Trinajstić information content (AvgIpc) is 2.39. The molecule has 100 valence electrons. The molecule has 0 saturated heterocycles. The van der Waals surface area contributed by atoms with Crippen molar-refractivity contribution in [1.82, 2.24) is 5.43 Å². The van der Waals surface area contributed by atoms with Crippen LogP contribution in [0.1, 0.15) is 20.8 Å². The van der Waals surface area contributed by atoms with Crippen molar-refractivity contribution in [2.24, 2.45) is 5.84 Å². The molecule has 0 fully saturated rings. The maximum absolute atomic E-state index is 11.3. The average molecular weight is 251 g/mol. The number of ether oxygens (including phenoxy) is 1. The molecule has 0 aliphatic rings. The van der Waals surface area contributed by atoms with E-state index in [0.717, 1.165) is 18.8 Å². The molecule has 0 saturated carbocycles. The minimum absolute atomic E-state index is 0.344. The number of hydrogen-bond acceptors (Lipinski definition) is 4. The van der Waals surface area contributed by atoms with Crippen LogP contribution in [-0.2, 0) is 4.79 Å². The molecular formula is C13H21N3O2. The summed E-state index contributed by atoms with van der Waals surface area (Å²) in [6.07, 6.45) is -0.609. The van der Waals surface area contributed by atoms with Gasteiger partial charge in [-0.05, 0) is 32.9 Å². The maximum Gasteiger partial charge on any atom is 0.274 e. The molecular weight excluding hydrogens is 230 g/mol. The Labute approximate surface area is 108 Å². The molecule has 18 heavy (non-hydrogen) atoms. The summed E-state index contributed by atoms with van der Waals surface area (Å²) < 4.78 is 5.53. The molecule has 0 radical (unpaired) electrons. The number of nitrogens with one attached hydrogen (secondary N) is 1. The van der Waals surface area contributed by atoms with Crippen LogP contribution in [0.4, 0.5) is 5.69 Å². The van der Waals surface area contributed by atoms with Gasteiger partial charge < -0.3 is 9.64 Å². The van der Waals surface area contributed by atoms with Crippen LogP contribution in [0, 0.1) is 0 Å². The van der Waals surface area contributed by atoms with Gasteiger partial charge in [0.15, 0.2) is 6.10 Å². The molecule has 0 bridgehead atoms. The summed E-state index contributed by atoms with van der Waals surface area (Å²) in [5.74, 6) is 5.38. The van der Waals surface area contributed by atoms with Crippen molar-refractivity contribution in [3.8, 4) is 5.75 Å². The summed E-state index contributed by atoms with van der Waals surface area (Å²) in [7, 11) is 0. The molecule has 1 atom stereocenters. The van der Waals surface area contributed by atoms with Crippen molar-refractivity contribution in [3.63, 3.8) is 0 Å². The Morgan fingerprint density at radius 2 is 2.11 bits per heavy atom. The first-order chi connectivity index (χ1) is 8.62. The molecule has 1 rings (SSSR count). The number of carbonyl (C=O) groups is 1. The molecule has 5 nitrogen and oxygen atoms in total. The lowest BCUT2D eigenvalue weighted by Crippen LogP contribution is -2.40. The second-order valence-electron chi connectivity index (χ2n) is 3.94. The van der Waals surface area contributed by atoms with Gasteiger partial charge in [0.1, 0.15) is 5.75 Å². The normalized spacial score (nSPS) is 11.8. The molecule has 1 amide bonds. The summed E-state index contributed by atoms with van der Waals surface area (Å²) >= 11 is 0. The van der Waals surface area contributed by atoms with Gasteiger partial charge in [0.2, 0.25) is 0 Å². The summed E-state index contributed by atoms with van der Waals surface area (Å²) in [5.41, 5.74) is 3.15. The number of rotatable bonds is 6. The number of amides is 1. The molecule has 0 aliphatic carbocycles. The molecule has 0 aromatic heterocycles. The fraction of sp³-hybridized carbons (Fsp3) is 0.462. The second-order valence-corrected chi connectivity index (χ2v) is 3.94. The Morgan fingerprint density at radius 3 is 2.67 bits per heavy atom. The largest absolute Gasteiger partial charge is 0.481 e. The topological polar surface area (TPSA) is 67.6 Å². The van der Waals surface area contributed by atoms with E-state index >= 15 is 0 Å². The summed E-state index contributed by atoms with van der Waals surface area (Å²) in [6, 6.07) is 7.68. The molecule has 0 spiro atoms. The van der Waals surface area contributed by atoms with Gasteiger partial charge in [-0.1, -0.05) is 6.07 Å². The van der Waals surface area contributed by atoms with E-state index in [1.807, 2.05) is 24.3 Å². The maximum atomic E-state index is 11.3. The fourth-order valence-corrected chi connectivity index (χ4v) is 1.72. The van der Waals surface area contributed by atoms with Crippen molar-refractivity contribution in [2.45, 2.75) is 26.9 Å². The van der Waals surface area contributed by atoms with Crippen molar-refractivity contribution in [2.75, 3.05) is 18.0 Å². The summed E-state index contributed by atoms with van der Waals surface area (Å²) in [4.78, 5) is 13.5. The smallest absolute Gasteiger partial charge is 0.274 e. The fourth-order valence-electron chi connectivity index (χ4n) is 1.72. The SMILES string of the molecule is CCN(CC)c1cccc(OC(C)C(=O)NN)c1. The minimum atomic E-state index is -0.609. The van der Waals surface area contributed by atoms with Crippen LogP contribution in [-0.4, -0.2) is 25.1 Å². The number of hydrogen-bond donors (Lipinski definition) is 2. The highest BCUT2D eigenvalue weighted by atomic mass is 16.5. The third-order valence-corrected chi connectivity index (χ3v) is 2.77. The zero-order valence-corrected chi connectivity index (χ0v) is 11.1. The van der Waals surface area contributed by atoms with E-state index in [-0.39, 0.29) is 5.91 Å². The number of hydrazine groups is 1. The highest BCUT2D eigenvalue weighted by Gasteiger charge is 2.13. The van der Waals surface area contributed by atoms with Crippen molar-refractivity contribution >= 4 is 11.6 Å². The molecule has 1 aromatic carbocycles. The van der Waals surface area contributed by atoms with Gasteiger partial charge in [-0.25, -0.2) is 5.84 Å². The Hall–Kier alpha value is -1.75. The lowest BCUT2D eigenvalue weighted by atomic mass is 10.2. The first-order valence-electron chi connectivity index (χ1n) is 6.14. The van der Waals surface area contributed by atoms with E-state index in [2.05, 4.69) is 24.2 Å². The van der Waals surface area contributed by atoms with Crippen LogP contribution >= 0.6 is 0 Å². The summed E-state index contributed by atoms with van der Waals surface area (Å²) in [6.45, 7) is 7.72. The van der Waals surface area contributed by atoms with E-state index < -0.39 is 6.10 Å². The third-order valence-electron chi connectivity index (χ3n) is 2.77. The second kappa shape index (κ2) is 6.86. The first kappa shape index (κ1) is 14.3. The van der Waals surface area contributed by atoms with E-state index in [1.54, 1.807) is 6.92 Å². The third kappa shape index (κ3) is 3.63. The molecule has 3 N–H and O–H groups in total. The first-order valence-corrected chi connectivity index (χ1v) is 6.14. The van der Waals surface area contributed by atoms with Crippen LogP contribution in [0.15, 0.2) is 24.3 Å². The molecule has 5 heteroatoms. The summed E-state index contributed by atoms with van der Waals surface area (Å²) in [5, 5.41) is 0. The van der Waals surface area contributed by atoms with Crippen LogP contribution < -0.4 is 20.9 Å². The van der Waals surface area contributed by atoms with Gasteiger partial charge in [0.05, 0.1) is 0 Å². The van der Waals surface area contributed by atoms with Gasteiger partial charge in [0.25, 0.3) is 5.91 Å². The number of nitrogens with zero attached hydrogens (tertiary/aromatic N) is 1. The highest BCUT2D eigenvalue weighted by Crippen LogP contribution is 2.21. The number of carbonyl (C=O) groups excluding carboxylic acids is 1. The van der Waals surface area contributed by atoms with Crippen LogP contribution in [0.25, 0.3) is 0 Å². The number of benzene rings is 1. The zero-order valence-electron chi connectivity index (χ0n) is 11.1. The Morgan fingerprint density at radius 1 is 1.44 bits per heavy atom. The van der Waals surface area contributed by atoms with Gasteiger partial charge in [0, 0.05) is 24.8 Å². The van der Waals surface area contributed by atoms with E-state index in [1.165, 1.54) is 0 Å². The predicted molar refractivity (Wildman–Crippen MR) is 72.4 cm³/mol.